The largest absolute Gasteiger partial charge is 0.487 e. The Hall–Kier alpha value is -1.76. The third-order valence-corrected chi connectivity index (χ3v) is 2.92. The Morgan fingerprint density at radius 2 is 1.95 bits per heavy atom. The van der Waals surface area contributed by atoms with E-state index in [2.05, 4.69) is 0 Å². The van der Waals surface area contributed by atoms with Gasteiger partial charge in [-0.05, 0) is 35.9 Å². The van der Waals surface area contributed by atoms with Crippen molar-refractivity contribution in [2.45, 2.75) is 6.61 Å². The molecule has 96 valence electrons. The van der Waals surface area contributed by atoms with Gasteiger partial charge in [0, 0.05) is 11.1 Å². The molecule has 19 heavy (non-hydrogen) atoms. The van der Waals surface area contributed by atoms with Crippen molar-refractivity contribution in [2.24, 2.45) is 0 Å². The number of hydrogen-bond acceptors (Lipinski definition) is 2. The van der Waals surface area contributed by atoms with E-state index in [9.17, 15) is 4.39 Å². The molecule has 0 amide bonds. The molecule has 0 saturated carbocycles. The Bertz CT molecular complexity index is 652. The molecule has 0 N–H and O–H groups in total. The molecule has 0 saturated heterocycles. The van der Waals surface area contributed by atoms with E-state index >= 15 is 0 Å². The van der Waals surface area contributed by atoms with Gasteiger partial charge in [-0.3, -0.25) is 0 Å². The van der Waals surface area contributed by atoms with Gasteiger partial charge in [-0.25, -0.2) is 4.39 Å². The van der Waals surface area contributed by atoms with Crippen LogP contribution >= 0.6 is 23.2 Å². The predicted molar refractivity (Wildman–Crippen MR) is 71.9 cm³/mol. The quantitative estimate of drug-likeness (QED) is 0.830. The van der Waals surface area contributed by atoms with Crippen LogP contribution in [0, 0.1) is 17.1 Å². The van der Waals surface area contributed by atoms with Crippen LogP contribution in [0.2, 0.25) is 10.0 Å². The minimum Gasteiger partial charge on any atom is -0.487 e. The van der Waals surface area contributed by atoms with Crippen LogP contribution in [0.5, 0.6) is 5.75 Å². The average molecular weight is 296 g/mol. The standard InChI is InChI=1S/C14H8Cl2FNO/c15-11-1-2-13(16)14(6-11)19-8-10-3-9(7-18)4-12(17)5-10/h1-6H,8H2. The third-order valence-electron chi connectivity index (χ3n) is 2.37. The summed E-state index contributed by atoms with van der Waals surface area (Å²) in [6.07, 6.45) is 0. The summed E-state index contributed by atoms with van der Waals surface area (Å²) >= 11 is 11.8. The van der Waals surface area contributed by atoms with Crippen LogP contribution in [0.25, 0.3) is 0 Å². The van der Waals surface area contributed by atoms with Crippen LogP contribution in [0.15, 0.2) is 36.4 Å². The zero-order chi connectivity index (χ0) is 13.8. The van der Waals surface area contributed by atoms with Crippen LogP contribution in [-0.2, 0) is 6.61 Å². The number of hydrogen-bond donors (Lipinski definition) is 0. The smallest absolute Gasteiger partial charge is 0.139 e. The van der Waals surface area contributed by atoms with E-state index in [0.717, 1.165) is 6.07 Å². The van der Waals surface area contributed by atoms with Crippen LogP contribution in [-0.4, -0.2) is 0 Å². The van der Waals surface area contributed by atoms with Gasteiger partial charge in [0.25, 0.3) is 0 Å². The summed E-state index contributed by atoms with van der Waals surface area (Å²) in [5.41, 5.74) is 0.795. The monoisotopic (exact) mass is 295 g/mol. The second-order valence-electron chi connectivity index (χ2n) is 3.82. The first-order valence-electron chi connectivity index (χ1n) is 5.36. The topological polar surface area (TPSA) is 33.0 Å². The number of rotatable bonds is 3. The van der Waals surface area contributed by atoms with Gasteiger partial charge < -0.3 is 4.74 Å². The average Bonchev–Trinajstić information content (AvgIpc) is 2.39. The Labute approximate surface area is 119 Å². The lowest BCUT2D eigenvalue weighted by Crippen LogP contribution is -1.97. The zero-order valence-electron chi connectivity index (χ0n) is 9.66. The lowest BCUT2D eigenvalue weighted by atomic mass is 10.1. The van der Waals surface area contributed by atoms with Crippen LogP contribution in [0.4, 0.5) is 4.39 Å². The van der Waals surface area contributed by atoms with Crippen LogP contribution in [0.3, 0.4) is 0 Å². The first kappa shape index (κ1) is 13.7. The van der Waals surface area contributed by atoms with Gasteiger partial charge in [-0.2, -0.15) is 5.26 Å². The molecule has 0 aliphatic rings. The summed E-state index contributed by atoms with van der Waals surface area (Å²) in [6, 6.07) is 10.7. The Balaban J connectivity index is 2.17. The summed E-state index contributed by atoms with van der Waals surface area (Å²) in [5, 5.41) is 9.67. The fourth-order valence-electron chi connectivity index (χ4n) is 1.55. The molecule has 0 aliphatic carbocycles. The van der Waals surface area contributed by atoms with E-state index in [1.54, 1.807) is 24.3 Å². The summed E-state index contributed by atoms with van der Waals surface area (Å²) in [7, 11) is 0. The normalized spacial score (nSPS) is 10.0. The van der Waals surface area contributed by atoms with Gasteiger partial charge in [0.15, 0.2) is 0 Å². The molecule has 2 aromatic rings. The third kappa shape index (κ3) is 3.60. The molecule has 0 fully saturated rings. The van der Waals surface area contributed by atoms with Gasteiger partial charge >= 0.3 is 0 Å². The number of ether oxygens (including phenoxy) is 1. The Morgan fingerprint density at radius 1 is 1.16 bits per heavy atom. The van der Waals surface area contributed by atoms with Crippen molar-refractivity contribution in [1.29, 1.82) is 5.26 Å². The van der Waals surface area contributed by atoms with E-state index < -0.39 is 5.82 Å². The molecule has 0 aliphatic heterocycles. The van der Waals surface area contributed by atoms with Crippen molar-refractivity contribution in [2.75, 3.05) is 0 Å². The lowest BCUT2D eigenvalue weighted by Gasteiger charge is -2.08. The molecule has 0 aromatic heterocycles. The van der Waals surface area contributed by atoms with Gasteiger partial charge in [0.2, 0.25) is 0 Å². The highest BCUT2D eigenvalue weighted by Gasteiger charge is 2.05. The van der Waals surface area contributed by atoms with Gasteiger partial charge in [0.05, 0.1) is 16.7 Å². The van der Waals surface area contributed by atoms with E-state index in [-0.39, 0.29) is 12.2 Å². The summed E-state index contributed by atoms with van der Waals surface area (Å²) in [6.45, 7) is 0.104. The van der Waals surface area contributed by atoms with Crippen molar-refractivity contribution in [3.05, 3.63) is 63.4 Å². The predicted octanol–water partition coefficient (Wildman–Crippen LogP) is 4.58. The molecular weight excluding hydrogens is 288 g/mol. The molecule has 2 nitrogen and oxygen atoms in total. The first-order valence-corrected chi connectivity index (χ1v) is 6.11. The molecular formula is C14H8Cl2FNO. The summed E-state index contributed by atoms with van der Waals surface area (Å²) < 4.78 is 18.7. The van der Waals surface area contributed by atoms with E-state index in [0.29, 0.717) is 21.4 Å². The van der Waals surface area contributed by atoms with Gasteiger partial charge in [0.1, 0.15) is 18.2 Å². The summed E-state index contributed by atoms with van der Waals surface area (Å²) in [4.78, 5) is 0. The van der Waals surface area contributed by atoms with Gasteiger partial charge in [-0.15, -0.1) is 0 Å². The first-order chi connectivity index (χ1) is 9.08. The van der Waals surface area contributed by atoms with Crippen molar-refractivity contribution in [3.8, 4) is 11.8 Å². The van der Waals surface area contributed by atoms with Crippen molar-refractivity contribution < 1.29 is 9.13 Å². The molecule has 0 unspecified atom stereocenters. The molecule has 0 heterocycles. The maximum Gasteiger partial charge on any atom is 0.139 e. The molecule has 5 heteroatoms. The second kappa shape index (κ2) is 5.92. The fraction of sp³-hybridized carbons (Fsp3) is 0.0714. The molecule has 2 rings (SSSR count). The Morgan fingerprint density at radius 3 is 2.68 bits per heavy atom. The van der Waals surface area contributed by atoms with Crippen LogP contribution < -0.4 is 4.74 Å². The second-order valence-corrected chi connectivity index (χ2v) is 4.67. The van der Waals surface area contributed by atoms with Crippen molar-refractivity contribution in [3.63, 3.8) is 0 Å². The van der Waals surface area contributed by atoms with E-state index in [1.807, 2.05) is 6.07 Å². The molecule has 0 radical (unpaired) electrons. The van der Waals surface area contributed by atoms with Crippen molar-refractivity contribution in [1.82, 2.24) is 0 Å². The summed E-state index contributed by atoms with van der Waals surface area (Å²) in [5.74, 6) is -0.0632. The minimum atomic E-state index is -0.477. The maximum atomic E-state index is 13.2. The number of halogens is 3. The number of nitrogens with zero attached hydrogens (tertiary/aromatic N) is 1. The maximum absolute atomic E-state index is 13.2. The van der Waals surface area contributed by atoms with Crippen LogP contribution in [0.1, 0.15) is 11.1 Å². The highest BCUT2D eigenvalue weighted by Crippen LogP contribution is 2.28. The molecule has 0 spiro atoms. The lowest BCUT2D eigenvalue weighted by molar-refractivity contribution is 0.306. The molecule has 2 aromatic carbocycles. The van der Waals surface area contributed by atoms with Crippen molar-refractivity contribution >= 4 is 23.2 Å². The number of nitriles is 1. The van der Waals surface area contributed by atoms with Gasteiger partial charge in [-0.1, -0.05) is 23.2 Å². The Kier molecular flexibility index (Phi) is 4.26. The fourth-order valence-corrected chi connectivity index (χ4v) is 1.88. The highest BCUT2D eigenvalue weighted by molar-refractivity contribution is 6.34. The van der Waals surface area contributed by atoms with E-state index in [4.69, 9.17) is 33.2 Å². The minimum absolute atomic E-state index is 0.104. The number of benzene rings is 2. The van der Waals surface area contributed by atoms with E-state index in [1.165, 1.54) is 6.07 Å². The highest BCUT2D eigenvalue weighted by atomic mass is 35.5. The molecule has 0 bridgehead atoms. The molecule has 0 atom stereocenters. The SMILES string of the molecule is N#Cc1cc(F)cc(COc2cc(Cl)ccc2Cl)c1. The zero-order valence-corrected chi connectivity index (χ0v) is 11.2.